The molecule has 2 aromatic rings. The number of amides is 1. The van der Waals surface area contributed by atoms with Crippen LogP contribution in [0.1, 0.15) is 31.7 Å². The molecule has 2 atom stereocenters. The van der Waals surface area contributed by atoms with Gasteiger partial charge in [-0.3, -0.25) is 4.79 Å². The van der Waals surface area contributed by atoms with E-state index in [0.29, 0.717) is 24.8 Å². The lowest BCUT2D eigenvalue weighted by molar-refractivity contribution is -0.131. The summed E-state index contributed by atoms with van der Waals surface area (Å²) in [5.41, 5.74) is 1.19. The van der Waals surface area contributed by atoms with Crippen molar-refractivity contribution in [3.8, 4) is 0 Å². The van der Waals surface area contributed by atoms with Crippen molar-refractivity contribution >= 4 is 29.1 Å². The van der Waals surface area contributed by atoms with Gasteiger partial charge in [0.1, 0.15) is 0 Å². The molecule has 2 aromatic carbocycles. The number of fused-ring (bicyclic) bond motifs is 1. The molecular weight excluding hydrogens is 332 g/mol. The van der Waals surface area contributed by atoms with Crippen LogP contribution in [-0.4, -0.2) is 30.9 Å². The summed E-state index contributed by atoms with van der Waals surface area (Å²) in [5, 5.41) is 5.93. The SMILES string of the molecule is CC(CC(=O)N(C)Cc1ccc2ccccc2c1)C1CCCNC1.Cl. The zero-order chi connectivity index (χ0) is 16.9. The van der Waals surface area contributed by atoms with E-state index >= 15 is 0 Å². The summed E-state index contributed by atoms with van der Waals surface area (Å²) in [5.74, 6) is 1.34. The average Bonchev–Trinajstić information content (AvgIpc) is 2.62. The molecule has 0 saturated carbocycles. The third kappa shape index (κ3) is 5.20. The predicted octanol–water partition coefficient (Wildman–Crippen LogP) is 4.25. The fourth-order valence-electron chi connectivity index (χ4n) is 3.66. The molecular formula is C21H29ClN2O. The van der Waals surface area contributed by atoms with E-state index in [2.05, 4.69) is 54.7 Å². The van der Waals surface area contributed by atoms with Gasteiger partial charge in [0, 0.05) is 20.0 Å². The Bertz CT molecular complexity index is 697. The van der Waals surface area contributed by atoms with Crippen LogP contribution in [0.15, 0.2) is 42.5 Å². The third-order valence-electron chi connectivity index (χ3n) is 5.30. The lowest BCUT2D eigenvalue weighted by atomic mass is 9.85. The Morgan fingerprint density at radius 3 is 2.72 bits per heavy atom. The largest absolute Gasteiger partial charge is 0.341 e. The maximum Gasteiger partial charge on any atom is 0.222 e. The fourth-order valence-corrected chi connectivity index (χ4v) is 3.66. The van der Waals surface area contributed by atoms with Crippen LogP contribution >= 0.6 is 12.4 Å². The van der Waals surface area contributed by atoms with Crippen LogP contribution < -0.4 is 5.32 Å². The summed E-state index contributed by atoms with van der Waals surface area (Å²) >= 11 is 0. The second-order valence-electron chi connectivity index (χ2n) is 7.22. The van der Waals surface area contributed by atoms with Crippen LogP contribution in [0, 0.1) is 11.8 Å². The molecule has 136 valence electrons. The molecule has 0 aliphatic carbocycles. The second kappa shape index (κ2) is 9.21. The Kier molecular flexibility index (Phi) is 7.27. The normalized spacial score (nSPS) is 18.4. The first-order chi connectivity index (χ1) is 11.6. The molecule has 1 amide bonds. The second-order valence-corrected chi connectivity index (χ2v) is 7.22. The van der Waals surface area contributed by atoms with Crippen molar-refractivity contribution in [2.24, 2.45) is 11.8 Å². The minimum absolute atomic E-state index is 0. The van der Waals surface area contributed by atoms with Gasteiger partial charge in [0.25, 0.3) is 0 Å². The standard InChI is InChI=1S/C21H28N2O.ClH/c1-16(20-8-5-11-22-14-20)12-21(24)23(2)15-17-9-10-18-6-3-4-7-19(18)13-17;/h3-4,6-7,9-10,13,16,20,22H,5,8,11-12,14-15H2,1-2H3;1H. The van der Waals surface area contributed by atoms with Crippen LogP contribution in [0.5, 0.6) is 0 Å². The number of carbonyl (C=O) groups is 1. The molecule has 1 aliphatic heterocycles. The molecule has 25 heavy (non-hydrogen) atoms. The number of benzene rings is 2. The van der Waals surface area contributed by atoms with Crippen molar-refractivity contribution in [1.29, 1.82) is 0 Å². The highest BCUT2D eigenvalue weighted by Gasteiger charge is 2.23. The predicted molar refractivity (Wildman–Crippen MR) is 107 cm³/mol. The number of rotatable bonds is 5. The summed E-state index contributed by atoms with van der Waals surface area (Å²) in [6.07, 6.45) is 3.13. The molecule has 0 spiro atoms. The summed E-state index contributed by atoms with van der Waals surface area (Å²) in [4.78, 5) is 14.4. The lowest BCUT2D eigenvalue weighted by Gasteiger charge is -2.29. The Morgan fingerprint density at radius 2 is 2.00 bits per heavy atom. The Hall–Kier alpha value is -1.58. The number of carbonyl (C=O) groups excluding carboxylic acids is 1. The van der Waals surface area contributed by atoms with E-state index in [1.165, 1.54) is 29.2 Å². The third-order valence-corrected chi connectivity index (χ3v) is 5.30. The smallest absolute Gasteiger partial charge is 0.222 e. The van der Waals surface area contributed by atoms with Crippen molar-refractivity contribution in [2.75, 3.05) is 20.1 Å². The molecule has 1 heterocycles. The Balaban J connectivity index is 0.00000225. The van der Waals surface area contributed by atoms with Crippen LogP contribution in [0.3, 0.4) is 0 Å². The van der Waals surface area contributed by atoms with Gasteiger partial charge < -0.3 is 10.2 Å². The molecule has 4 heteroatoms. The van der Waals surface area contributed by atoms with Gasteiger partial charge in [0.2, 0.25) is 5.91 Å². The molecule has 1 saturated heterocycles. The van der Waals surface area contributed by atoms with E-state index in [4.69, 9.17) is 0 Å². The van der Waals surface area contributed by atoms with E-state index in [9.17, 15) is 4.79 Å². The number of hydrogen-bond donors (Lipinski definition) is 1. The van der Waals surface area contributed by atoms with Crippen molar-refractivity contribution < 1.29 is 4.79 Å². The topological polar surface area (TPSA) is 32.3 Å². The first kappa shape index (κ1) is 19.7. The zero-order valence-corrected chi connectivity index (χ0v) is 16.0. The highest BCUT2D eigenvalue weighted by atomic mass is 35.5. The van der Waals surface area contributed by atoms with Gasteiger partial charge >= 0.3 is 0 Å². The highest BCUT2D eigenvalue weighted by molar-refractivity contribution is 5.85. The van der Waals surface area contributed by atoms with Crippen LogP contribution in [0.2, 0.25) is 0 Å². The molecule has 3 rings (SSSR count). The van der Waals surface area contributed by atoms with Crippen LogP contribution in [0.4, 0.5) is 0 Å². The van der Waals surface area contributed by atoms with E-state index in [1.807, 2.05) is 11.9 Å². The molecule has 1 N–H and O–H groups in total. The fraction of sp³-hybridized carbons (Fsp3) is 0.476. The van der Waals surface area contributed by atoms with Crippen molar-refractivity contribution in [3.63, 3.8) is 0 Å². The van der Waals surface area contributed by atoms with Crippen molar-refractivity contribution in [2.45, 2.75) is 32.7 Å². The van der Waals surface area contributed by atoms with Gasteiger partial charge in [0.15, 0.2) is 0 Å². The van der Waals surface area contributed by atoms with Gasteiger partial charge in [-0.05, 0) is 60.2 Å². The van der Waals surface area contributed by atoms with Crippen LogP contribution in [-0.2, 0) is 11.3 Å². The summed E-state index contributed by atoms with van der Waals surface area (Å²) in [6.45, 7) is 5.08. The molecule has 2 unspecified atom stereocenters. The lowest BCUT2D eigenvalue weighted by Crippen LogP contribution is -2.36. The Morgan fingerprint density at radius 1 is 1.24 bits per heavy atom. The van der Waals surface area contributed by atoms with Gasteiger partial charge in [-0.1, -0.05) is 43.3 Å². The van der Waals surface area contributed by atoms with Crippen LogP contribution in [0.25, 0.3) is 10.8 Å². The number of hydrogen-bond acceptors (Lipinski definition) is 2. The van der Waals surface area contributed by atoms with E-state index in [-0.39, 0.29) is 18.3 Å². The quantitative estimate of drug-likeness (QED) is 0.864. The van der Waals surface area contributed by atoms with Crippen molar-refractivity contribution in [1.82, 2.24) is 10.2 Å². The molecule has 1 aliphatic rings. The van der Waals surface area contributed by atoms with Gasteiger partial charge in [-0.25, -0.2) is 0 Å². The maximum absolute atomic E-state index is 12.6. The minimum atomic E-state index is 0. The highest BCUT2D eigenvalue weighted by Crippen LogP contribution is 2.23. The number of nitrogens with zero attached hydrogens (tertiary/aromatic N) is 1. The zero-order valence-electron chi connectivity index (χ0n) is 15.2. The molecule has 3 nitrogen and oxygen atoms in total. The van der Waals surface area contributed by atoms with Gasteiger partial charge in [-0.2, -0.15) is 0 Å². The van der Waals surface area contributed by atoms with E-state index in [0.717, 1.165) is 13.1 Å². The molecule has 0 aromatic heterocycles. The summed E-state index contributed by atoms with van der Waals surface area (Å²) in [7, 11) is 1.92. The number of piperidine rings is 1. The number of nitrogens with one attached hydrogen (secondary N) is 1. The Labute approximate surface area is 157 Å². The van der Waals surface area contributed by atoms with E-state index < -0.39 is 0 Å². The molecule has 0 radical (unpaired) electrons. The monoisotopic (exact) mass is 360 g/mol. The van der Waals surface area contributed by atoms with Gasteiger partial charge in [-0.15, -0.1) is 12.4 Å². The van der Waals surface area contributed by atoms with E-state index in [1.54, 1.807) is 0 Å². The van der Waals surface area contributed by atoms with Crippen molar-refractivity contribution in [3.05, 3.63) is 48.0 Å². The first-order valence-corrected chi connectivity index (χ1v) is 9.06. The minimum Gasteiger partial charge on any atom is -0.341 e. The van der Waals surface area contributed by atoms with Gasteiger partial charge in [0.05, 0.1) is 0 Å². The average molecular weight is 361 g/mol. The summed E-state index contributed by atoms with van der Waals surface area (Å²) in [6, 6.07) is 14.8. The summed E-state index contributed by atoms with van der Waals surface area (Å²) < 4.78 is 0. The molecule has 0 bridgehead atoms. The molecule has 1 fully saturated rings. The number of halogens is 1. The first-order valence-electron chi connectivity index (χ1n) is 9.06. The maximum atomic E-state index is 12.6.